The number of likely N-dealkylation sites (tertiary alicyclic amines) is 1. The lowest BCUT2D eigenvalue weighted by Crippen LogP contribution is -2.36. The highest BCUT2D eigenvalue weighted by molar-refractivity contribution is 5.93. The van der Waals surface area contributed by atoms with Gasteiger partial charge in [0.15, 0.2) is 0 Å². The van der Waals surface area contributed by atoms with Gasteiger partial charge in [0.2, 0.25) is 0 Å². The maximum Gasteiger partial charge on any atom is 0.416 e. The van der Waals surface area contributed by atoms with Gasteiger partial charge >= 0.3 is 6.18 Å². The van der Waals surface area contributed by atoms with Gasteiger partial charge < -0.3 is 10.2 Å². The molecule has 1 amide bonds. The van der Waals surface area contributed by atoms with Gasteiger partial charge in [-0.05, 0) is 50.5 Å². The lowest BCUT2D eigenvalue weighted by atomic mass is 10.1. The van der Waals surface area contributed by atoms with Crippen molar-refractivity contribution >= 4 is 17.4 Å². The Bertz CT molecular complexity index is 784. The molecule has 2 heterocycles. The molecule has 0 saturated carbocycles. The van der Waals surface area contributed by atoms with Crippen molar-refractivity contribution in [3.63, 3.8) is 0 Å². The van der Waals surface area contributed by atoms with Crippen molar-refractivity contribution in [2.75, 3.05) is 18.4 Å². The summed E-state index contributed by atoms with van der Waals surface area (Å²) < 4.78 is 37.9. The van der Waals surface area contributed by atoms with Gasteiger partial charge in [0.25, 0.3) is 5.91 Å². The average molecular weight is 364 g/mol. The third-order valence-corrected chi connectivity index (χ3v) is 4.18. The summed E-state index contributed by atoms with van der Waals surface area (Å²) in [6.45, 7) is 3.10. The summed E-state index contributed by atoms with van der Waals surface area (Å²) in [7, 11) is 0. The number of anilines is 2. The van der Waals surface area contributed by atoms with E-state index in [4.69, 9.17) is 0 Å². The van der Waals surface area contributed by atoms with Gasteiger partial charge in [-0.3, -0.25) is 4.79 Å². The second-order valence-electron chi connectivity index (χ2n) is 6.24. The Morgan fingerprint density at radius 2 is 1.73 bits per heavy atom. The molecule has 3 rings (SSSR count). The van der Waals surface area contributed by atoms with Gasteiger partial charge in [-0.1, -0.05) is 0 Å². The standard InChI is InChI=1S/C18H19F3N4O/c1-12-22-15(17(26)25-9-3-2-4-10-25)11-16(23-12)24-14-7-5-13(6-8-14)18(19,20)21/h5-8,11H,2-4,9-10H2,1H3,(H,22,23,24). The Labute approximate surface area is 149 Å². The number of nitrogens with zero attached hydrogens (tertiary/aromatic N) is 3. The zero-order valence-corrected chi connectivity index (χ0v) is 14.3. The Morgan fingerprint density at radius 3 is 2.35 bits per heavy atom. The van der Waals surface area contributed by atoms with E-state index >= 15 is 0 Å². The number of hydrogen-bond acceptors (Lipinski definition) is 4. The highest BCUT2D eigenvalue weighted by Crippen LogP contribution is 2.30. The number of amides is 1. The molecular formula is C18H19F3N4O. The fourth-order valence-corrected chi connectivity index (χ4v) is 2.89. The molecule has 0 atom stereocenters. The summed E-state index contributed by atoms with van der Waals surface area (Å²) in [6, 6.07) is 6.17. The zero-order valence-electron chi connectivity index (χ0n) is 14.3. The third-order valence-electron chi connectivity index (χ3n) is 4.18. The van der Waals surface area contributed by atoms with Crippen molar-refractivity contribution in [1.29, 1.82) is 0 Å². The van der Waals surface area contributed by atoms with Crippen molar-refractivity contribution in [3.8, 4) is 0 Å². The number of piperidine rings is 1. The smallest absolute Gasteiger partial charge is 0.340 e. The largest absolute Gasteiger partial charge is 0.416 e. The molecule has 0 radical (unpaired) electrons. The van der Waals surface area contributed by atoms with Gasteiger partial charge in [0.1, 0.15) is 17.3 Å². The van der Waals surface area contributed by atoms with Crippen LogP contribution in [0.3, 0.4) is 0 Å². The summed E-state index contributed by atoms with van der Waals surface area (Å²) in [4.78, 5) is 22.8. The fourth-order valence-electron chi connectivity index (χ4n) is 2.89. The maximum absolute atomic E-state index is 12.6. The summed E-state index contributed by atoms with van der Waals surface area (Å²) in [6.07, 6.45) is -1.30. The number of carbonyl (C=O) groups excluding carboxylic acids is 1. The lowest BCUT2D eigenvalue weighted by Gasteiger charge is -2.26. The van der Waals surface area contributed by atoms with Crippen LogP contribution in [0.2, 0.25) is 0 Å². The second kappa shape index (κ2) is 7.31. The van der Waals surface area contributed by atoms with Crippen molar-refractivity contribution in [2.45, 2.75) is 32.4 Å². The molecule has 0 unspecified atom stereocenters. The molecule has 2 aromatic rings. The van der Waals surface area contributed by atoms with Crippen LogP contribution >= 0.6 is 0 Å². The van der Waals surface area contributed by atoms with Crippen molar-refractivity contribution in [2.24, 2.45) is 0 Å². The Morgan fingerprint density at radius 1 is 1.08 bits per heavy atom. The van der Waals surface area contributed by atoms with Crippen LogP contribution in [0.4, 0.5) is 24.7 Å². The van der Waals surface area contributed by atoms with E-state index in [1.165, 1.54) is 18.2 Å². The van der Waals surface area contributed by atoms with Crippen LogP contribution in [-0.4, -0.2) is 33.9 Å². The first-order valence-corrected chi connectivity index (χ1v) is 8.42. The van der Waals surface area contributed by atoms with Crippen molar-refractivity contribution < 1.29 is 18.0 Å². The normalized spacial score (nSPS) is 15.0. The SMILES string of the molecule is Cc1nc(Nc2ccc(C(F)(F)F)cc2)cc(C(=O)N2CCCCC2)n1. The van der Waals surface area contributed by atoms with Gasteiger partial charge in [0.05, 0.1) is 5.56 Å². The van der Waals surface area contributed by atoms with Gasteiger partial charge in [0, 0.05) is 24.8 Å². The summed E-state index contributed by atoms with van der Waals surface area (Å²) >= 11 is 0. The van der Waals surface area contributed by atoms with Crippen LogP contribution in [0.25, 0.3) is 0 Å². The number of aryl methyl sites for hydroxylation is 1. The Balaban J connectivity index is 1.78. The number of rotatable bonds is 3. The molecule has 8 heteroatoms. The van der Waals surface area contributed by atoms with Gasteiger partial charge in [-0.15, -0.1) is 0 Å². The van der Waals surface area contributed by atoms with E-state index in [9.17, 15) is 18.0 Å². The van der Waals surface area contributed by atoms with E-state index in [1.54, 1.807) is 11.8 Å². The molecule has 1 aliphatic rings. The molecule has 0 aliphatic carbocycles. The quantitative estimate of drug-likeness (QED) is 0.888. The first-order valence-electron chi connectivity index (χ1n) is 8.42. The van der Waals surface area contributed by atoms with Crippen molar-refractivity contribution in [1.82, 2.24) is 14.9 Å². The lowest BCUT2D eigenvalue weighted by molar-refractivity contribution is -0.137. The van der Waals surface area contributed by atoms with Crippen molar-refractivity contribution in [3.05, 3.63) is 47.4 Å². The number of carbonyl (C=O) groups is 1. The van der Waals surface area contributed by atoms with Crippen LogP contribution in [0.5, 0.6) is 0 Å². The number of benzene rings is 1. The highest BCUT2D eigenvalue weighted by Gasteiger charge is 2.30. The second-order valence-corrected chi connectivity index (χ2v) is 6.24. The Hall–Kier alpha value is -2.64. The van der Waals surface area contributed by atoms with Crippen LogP contribution < -0.4 is 5.32 Å². The highest BCUT2D eigenvalue weighted by atomic mass is 19.4. The molecule has 1 saturated heterocycles. The minimum atomic E-state index is -4.38. The fraction of sp³-hybridized carbons (Fsp3) is 0.389. The molecule has 1 aromatic heterocycles. The first-order chi connectivity index (χ1) is 12.3. The molecule has 138 valence electrons. The minimum Gasteiger partial charge on any atom is -0.340 e. The number of halogens is 3. The summed E-state index contributed by atoms with van der Waals surface area (Å²) in [5, 5.41) is 2.93. The summed E-state index contributed by atoms with van der Waals surface area (Å²) in [5.74, 6) is 0.644. The zero-order chi connectivity index (χ0) is 18.7. The summed E-state index contributed by atoms with van der Waals surface area (Å²) in [5.41, 5.74) is 0.0177. The van der Waals surface area contributed by atoms with Crippen LogP contribution in [-0.2, 0) is 6.18 Å². The average Bonchev–Trinajstić information content (AvgIpc) is 2.61. The number of alkyl halides is 3. The molecule has 1 aliphatic heterocycles. The van der Waals surface area contributed by atoms with Crippen LogP contribution in [0, 0.1) is 6.92 Å². The van der Waals surface area contributed by atoms with E-state index in [2.05, 4.69) is 15.3 Å². The molecular weight excluding hydrogens is 345 g/mol. The molecule has 0 spiro atoms. The molecule has 1 N–H and O–H groups in total. The minimum absolute atomic E-state index is 0.148. The van der Waals surface area contributed by atoms with E-state index in [-0.39, 0.29) is 11.6 Å². The molecule has 26 heavy (non-hydrogen) atoms. The van der Waals surface area contributed by atoms with E-state index < -0.39 is 11.7 Å². The topological polar surface area (TPSA) is 58.1 Å². The monoisotopic (exact) mass is 364 g/mol. The van der Waals surface area contributed by atoms with Crippen LogP contribution in [0.15, 0.2) is 30.3 Å². The predicted octanol–water partition coefficient (Wildman–Crippen LogP) is 4.17. The van der Waals surface area contributed by atoms with E-state index in [0.29, 0.717) is 30.4 Å². The predicted molar refractivity (Wildman–Crippen MR) is 91.3 cm³/mol. The number of hydrogen-bond donors (Lipinski definition) is 1. The number of aromatic nitrogens is 2. The molecule has 0 bridgehead atoms. The molecule has 1 fully saturated rings. The van der Waals surface area contributed by atoms with E-state index in [1.807, 2.05) is 0 Å². The van der Waals surface area contributed by atoms with Gasteiger partial charge in [-0.25, -0.2) is 9.97 Å². The van der Waals surface area contributed by atoms with E-state index in [0.717, 1.165) is 31.4 Å². The maximum atomic E-state index is 12.6. The van der Waals surface area contributed by atoms with Gasteiger partial charge in [-0.2, -0.15) is 13.2 Å². The molecule has 5 nitrogen and oxygen atoms in total. The third kappa shape index (κ3) is 4.30. The Kier molecular flexibility index (Phi) is 5.11. The number of nitrogens with one attached hydrogen (secondary N) is 1. The molecule has 1 aromatic carbocycles. The van der Waals surface area contributed by atoms with Crippen LogP contribution in [0.1, 0.15) is 41.1 Å². The first kappa shape index (κ1) is 18.2.